The summed E-state index contributed by atoms with van der Waals surface area (Å²) in [6.07, 6.45) is -3.44. The van der Waals surface area contributed by atoms with Gasteiger partial charge in [-0.15, -0.1) is 11.8 Å². The van der Waals surface area contributed by atoms with Crippen LogP contribution < -0.4 is 5.32 Å². The third kappa shape index (κ3) is 5.65. The van der Waals surface area contributed by atoms with Crippen molar-refractivity contribution in [3.8, 4) is 0 Å². The summed E-state index contributed by atoms with van der Waals surface area (Å²) in [5.74, 6) is 0.735. The fourth-order valence-corrected chi connectivity index (χ4v) is 4.86. The summed E-state index contributed by atoms with van der Waals surface area (Å²) in [4.78, 5) is 14.8. The molecular formula is C30H26F3NOS. The van der Waals surface area contributed by atoms with E-state index in [1.165, 1.54) is 12.1 Å². The summed E-state index contributed by atoms with van der Waals surface area (Å²) in [6.45, 7) is 3.81. The monoisotopic (exact) mass is 505 g/mol. The molecule has 2 nitrogen and oxygen atoms in total. The lowest BCUT2D eigenvalue weighted by atomic mass is 9.95. The Balaban J connectivity index is 1.83. The highest BCUT2D eigenvalue weighted by atomic mass is 32.2. The van der Waals surface area contributed by atoms with Crippen molar-refractivity contribution in [3.05, 3.63) is 113 Å². The molecule has 0 aromatic heterocycles. The summed E-state index contributed by atoms with van der Waals surface area (Å²) in [5.41, 5.74) is 2.01. The number of nitrogens with one attached hydrogen (secondary N) is 1. The number of anilines is 1. The summed E-state index contributed by atoms with van der Waals surface area (Å²) in [6, 6.07) is 25.9. The van der Waals surface area contributed by atoms with Gasteiger partial charge < -0.3 is 5.32 Å². The number of allylic oxidation sites excluding steroid dienone is 1. The van der Waals surface area contributed by atoms with Crippen molar-refractivity contribution >= 4 is 39.7 Å². The van der Waals surface area contributed by atoms with Crippen molar-refractivity contribution in [2.45, 2.75) is 31.3 Å². The van der Waals surface area contributed by atoms with Crippen molar-refractivity contribution in [1.82, 2.24) is 0 Å². The number of hydrogen-bond acceptors (Lipinski definition) is 3. The number of ketones is 1. The number of benzene rings is 4. The van der Waals surface area contributed by atoms with E-state index in [-0.39, 0.29) is 5.78 Å². The number of alkyl halides is 3. The molecule has 0 bridgehead atoms. The second-order valence-electron chi connectivity index (χ2n) is 8.40. The van der Waals surface area contributed by atoms with E-state index in [9.17, 15) is 18.0 Å². The van der Waals surface area contributed by atoms with Crippen LogP contribution in [0.15, 0.2) is 101 Å². The van der Waals surface area contributed by atoms with E-state index in [0.29, 0.717) is 22.4 Å². The molecular weight excluding hydrogens is 479 g/mol. The van der Waals surface area contributed by atoms with Crippen LogP contribution in [-0.4, -0.2) is 11.5 Å². The Hall–Kier alpha value is -3.51. The third-order valence-electron chi connectivity index (χ3n) is 5.86. The minimum atomic E-state index is -4.44. The number of fused-ring (bicyclic) bond motifs is 1. The van der Waals surface area contributed by atoms with Gasteiger partial charge in [0.2, 0.25) is 0 Å². The molecule has 0 amide bonds. The molecule has 0 radical (unpaired) electrons. The maximum Gasteiger partial charge on any atom is 0.416 e. The molecule has 184 valence electrons. The minimum Gasteiger partial charge on any atom is -0.354 e. The Bertz CT molecular complexity index is 1400. The normalized spacial score (nSPS) is 12.4. The fraction of sp³-hybridized carbons (Fsp3) is 0.167. The van der Waals surface area contributed by atoms with E-state index in [0.717, 1.165) is 45.7 Å². The molecule has 0 unspecified atom stereocenters. The Morgan fingerprint density at radius 1 is 0.861 bits per heavy atom. The highest BCUT2D eigenvalue weighted by Crippen LogP contribution is 2.34. The van der Waals surface area contributed by atoms with E-state index in [4.69, 9.17) is 0 Å². The average molecular weight is 506 g/mol. The lowest BCUT2D eigenvalue weighted by molar-refractivity contribution is -0.137. The summed E-state index contributed by atoms with van der Waals surface area (Å²) in [5, 5.41) is 5.16. The van der Waals surface area contributed by atoms with Crippen LogP contribution >= 0.6 is 11.8 Å². The van der Waals surface area contributed by atoms with Gasteiger partial charge in [-0.2, -0.15) is 13.2 Å². The molecule has 4 rings (SSSR count). The maximum absolute atomic E-state index is 13.8. The second kappa shape index (κ2) is 11.0. The van der Waals surface area contributed by atoms with Crippen LogP contribution in [0.25, 0.3) is 16.5 Å². The molecule has 0 aliphatic rings. The second-order valence-corrected chi connectivity index (χ2v) is 9.54. The standard InChI is InChI=1S/C30H26F3NOS/c1-3-19-36-27-14-7-6-13-26(27)34-28(22-15-17-23(18-16-22)30(31,32)33)20(2)29(35)25-12-8-10-21-9-4-5-11-24(21)25/h4-18,34H,3,19H2,1-2H3/b28-20-. The van der Waals surface area contributed by atoms with Gasteiger partial charge in [0.1, 0.15) is 0 Å². The first-order valence-corrected chi connectivity index (χ1v) is 12.7. The van der Waals surface area contributed by atoms with E-state index in [1.807, 2.05) is 60.7 Å². The average Bonchev–Trinajstić information content (AvgIpc) is 2.89. The molecule has 36 heavy (non-hydrogen) atoms. The number of rotatable bonds is 8. The number of carbonyl (C=O) groups excluding carboxylic acids is 1. The molecule has 0 spiro atoms. The van der Waals surface area contributed by atoms with Gasteiger partial charge in [0.15, 0.2) is 5.78 Å². The number of Topliss-reactive ketones (excluding diaryl/α,β-unsaturated/α-hetero) is 1. The predicted molar refractivity (Wildman–Crippen MR) is 143 cm³/mol. The first-order valence-electron chi connectivity index (χ1n) is 11.7. The van der Waals surface area contributed by atoms with Gasteiger partial charge in [0.05, 0.1) is 16.9 Å². The van der Waals surface area contributed by atoms with E-state index >= 15 is 0 Å². The largest absolute Gasteiger partial charge is 0.416 e. The number of thioether (sulfide) groups is 1. The third-order valence-corrected chi connectivity index (χ3v) is 7.14. The van der Waals surface area contributed by atoms with Crippen molar-refractivity contribution in [2.24, 2.45) is 0 Å². The Labute approximate surface area is 213 Å². The molecule has 0 saturated heterocycles. The van der Waals surface area contributed by atoms with Crippen LogP contribution in [0.5, 0.6) is 0 Å². The van der Waals surface area contributed by atoms with Gasteiger partial charge in [0.25, 0.3) is 0 Å². The molecule has 0 heterocycles. The highest BCUT2D eigenvalue weighted by Gasteiger charge is 2.30. The van der Waals surface area contributed by atoms with Crippen LogP contribution in [0, 0.1) is 0 Å². The van der Waals surface area contributed by atoms with Gasteiger partial charge in [-0.1, -0.05) is 73.7 Å². The highest BCUT2D eigenvalue weighted by molar-refractivity contribution is 7.99. The van der Waals surface area contributed by atoms with Crippen molar-refractivity contribution in [2.75, 3.05) is 11.1 Å². The zero-order valence-electron chi connectivity index (χ0n) is 20.0. The minimum absolute atomic E-state index is 0.187. The van der Waals surface area contributed by atoms with Crippen molar-refractivity contribution < 1.29 is 18.0 Å². The van der Waals surface area contributed by atoms with E-state index < -0.39 is 11.7 Å². The molecule has 6 heteroatoms. The first-order chi connectivity index (χ1) is 17.3. The molecule has 0 saturated carbocycles. The lowest BCUT2D eigenvalue weighted by Gasteiger charge is -2.18. The van der Waals surface area contributed by atoms with Crippen molar-refractivity contribution in [1.29, 1.82) is 0 Å². The number of halogens is 3. The summed E-state index contributed by atoms with van der Waals surface area (Å²) < 4.78 is 39.6. The molecule has 0 fully saturated rings. The Morgan fingerprint density at radius 2 is 1.53 bits per heavy atom. The maximum atomic E-state index is 13.8. The first kappa shape index (κ1) is 25.6. The summed E-state index contributed by atoms with van der Waals surface area (Å²) in [7, 11) is 0. The zero-order valence-corrected chi connectivity index (χ0v) is 20.8. The zero-order chi connectivity index (χ0) is 25.7. The van der Waals surface area contributed by atoms with Crippen LogP contribution in [0.4, 0.5) is 18.9 Å². The quantitative estimate of drug-likeness (QED) is 0.147. The van der Waals surface area contributed by atoms with Crippen molar-refractivity contribution in [3.63, 3.8) is 0 Å². The Morgan fingerprint density at radius 3 is 2.25 bits per heavy atom. The lowest BCUT2D eigenvalue weighted by Crippen LogP contribution is -2.11. The van der Waals surface area contributed by atoms with Gasteiger partial charge >= 0.3 is 6.18 Å². The van der Waals surface area contributed by atoms with E-state index in [2.05, 4.69) is 12.2 Å². The molecule has 4 aromatic rings. The SMILES string of the molecule is CCCSc1ccccc1N/C(=C(/C)C(=O)c1cccc2ccccc12)c1ccc(C(F)(F)F)cc1. The van der Waals surface area contributed by atoms with Crippen LogP contribution in [-0.2, 0) is 6.18 Å². The van der Waals surface area contributed by atoms with Gasteiger partial charge in [0, 0.05) is 16.0 Å². The number of para-hydroxylation sites is 1. The van der Waals surface area contributed by atoms with Gasteiger partial charge in [-0.05, 0) is 59.7 Å². The predicted octanol–water partition coefficient (Wildman–Crippen LogP) is 9.09. The topological polar surface area (TPSA) is 29.1 Å². The van der Waals surface area contributed by atoms with E-state index in [1.54, 1.807) is 24.8 Å². The molecule has 0 atom stereocenters. The number of carbonyl (C=O) groups is 1. The smallest absolute Gasteiger partial charge is 0.354 e. The van der Waals surface area contributed by atoms with Crippen LogP contribution in [0.3, 0.4) is 0 Å². The Kier molecular flexibility index (Phi) is 7.85. The fourth-order valence-electron chi connectivity index (χ4n) is 3.99. The number of hydrogen-bond donors (Lipinski definition) is 1. The van der Waals surface area contributed by atoms with Gasteiger partial charge in [-0.3, -0.25) is 4.79 Å². The van der Waals surface area contributed by atoms with Crippen LogP contribution in [0.1, 0.15) is 41.8 Å². The summed E-state index contributed by atoms with van der Waals surface area (Å²) >= 11 is 1.69. The molecule has 0 aliphatic carbocycles. The molecule has 0 aliphatic heterocycles. The molecule has 1 N–H and O–H groups in total. The van der Waals surface area contributed by atoms with Gasteiger partial charge in [-0.25, -0.2) is 0 Å². The molecule has 4 aromatic carbocycles. The van der Waals surface area contributed by atoms with Crippen LogP contribution in [0.2, 0.25) is 0 Å².